The Labute approximate surface area is 242 Å². The van der Waals surface area contributed by atoms with E-state index in [1.54, 1.807) is 29.7 Å². The lowest BCUT2D eigenvalue weighted by Crippen LogP contribution is -2.38. The summed E-state index contributed by atoms with van der Waals surface area (Å²) in [5, 5.41) is 0.553. The van der Waals surface area contributed by atoms with Gasteiger partial charge in [0.2, 0.25) is 0 Å². The summed E-state index contributed by atoms with van der Waals surface area (Å²) in [6.07, 6.45) is 12.6. The van der Waals surface area contributed by atoms with Gasteiger partial charge in [0.25, 0.3) is 0 Å². The van der Waals surface area contributed by atoms with Crippen LogP contribution in [0.5, 0.6) is 0 Å². The second kappa shape index (κ2) is 16.9. The van der Waals surface area contributed by atoms with Gasteiger partial charge in [0.15, 0.2) is 5.69 Å². The van der Waals surface area contributed by atoms with Crippen molar-refractivity contribution in [2.45, 2.75) is 106 Å². The van der Waals surface area contributed by atoms with E-state index in [2.05, 4.69) is 58.4 Å². The molecule has 0 unspecified atom stereocenters. The molecule has 5 nitrogen and oxygen atoms in total. The molecule has 0 amide bonds. The highest BCUT2D eigenvalue weighted by molar-refractivity contribution is 6.30. The van der Waals surface area contributed by atoms with E-state index < -0.39 is 5.97 Å². The molecule has 0 bridgehead atoms. The fraction of sp³-hybridized carbons (Fsp3) is 0.697. The molecule has 2 rings (SSSR count). The van der Waals surface area contributed by atoms with Crippen molar-refractivity contribution in [3.8, 4) is 11.8 Å². The topological polar surface area (TPSA) is 52.8 Å². The van der Waals surface area contributed by atoms with Crippen molar-refractivity contribution in [1.82, 2.24) is 9.38 Å². The van der Waals surface area contributed by atoms with E-state index in [0.29, 0.717) is 34.8 Å². The van der Waals surface area contributed by atoms with Crippen molar-refractivity contribution < 1.29 is 14.3 Å². The largest absolute Gasteiger partial charge is 0.461 e. The van der Waals surface area contributed by atoms with E-state index >= 15 is 0 Å². The Morgan fingerprint density at radius 3 is 2.21 bits per heavy atom. The Hall–Kier alpha value is -2.03. The number of rotatable bonds is 17. The zero-order valence-corrected chi connectivity index (χ0v) is 26.2. The van der Waals surface area contributed by atoms with E-state index in [1.165, 1.54) is 44.9 Å². The average molecular weight is 559 g/mol. The van der Waals surface area contributed by atoms with Crippen molar-refractivity contribution in [3.63, 3.8) is 0 Å². The predicted molar refractivity (Wildman–Crippen MR) is 162 cm³/mol. The fourth-order valence-corrected chi connectivity index (χ4v) is 6.39. The van der Waals surface area contributed by atoms with Crippen LogP contribution in [0, 0.1) is 35.0 Å². The molecule has 0 spiro atoms. The summed E-state index contributed by atoms with van der Waals surface area (Å²) in [5.74, 6) is 7.92. The number of ether oxygens (including phenoxy) is 2. The molecule has 6 heteroatoms. The lowest BCUT2D eigenvalue weighted by atomic mass is 9.60. The quantitative estimate of drug-likeness (QED) is 0.110. The number of carbonyl (C=O) groups is 1. The number of hydrogen-bond donors (Lipinski definition) is 0. The third-order valence-corrected chi connectivity index (χ3v) is 8.49. The van der Waals surface area contributed by atoms with Gasteiger partial charge in [-0.3, -0.25) is 4.40 Å². The molecule has 0 saturated carbocycles. The first-order chi connectivity index (χ1) is 18.6. The zero-order valence-electron chi connectivity index (χ0n) is 25.4. The number of pyridine rings is 1. The number of aromatic nitrogens is 2. The van der Waals surface area contributed by atoms with Gasteiger partial charge in [0.1, 0.15) is 11.3 Å². The monoisotopic (exact) mass is 558 g/mol. The molecule has 0 aliphatic carbocycles. The van der Waals surface area contributed by atoms with Gasteiger partial charge >= 0.3 is 5.97 Å². The summed E-state index contributed by atoms with van der Waals surface area (Å²) in [4.78, 5) is 16.7. The van der Waals surface area contributed by atoms with Crippen LogP contribution < -0.4 is 0 Å². The van der Waals surface area contributed by atoms with Gasteiger partial charge in [-0.05, 0) is 54.9 Å². The Morgan fingerprint density at radius 2 is 1.59 bits per heavy atom. The molecule has 2 aromatic heterocycles. The minimum Gasteiger partial charge on any atom is -0.461 e. The lowest BCUT2D eigenvalue weighted by Gasteiger charge is -2.45. The molecule has 39 heavy (non-hydrogen) atoms. The van der Waals surface area contributed by atoms with Gasteiger partial charge in [-0.25, -0.2) is 9.78 Å². The van der Waals surface area contributed by atoms with Gasteiger partial charge in [0.05, 0.1) is 13.2 Å². The molecule has 0 radical (unpaired) electrons. The molecule has 218 valence electrons. The Kier molecular flexibility index (Phi) is 14.4. The number of imidazole rings is 1. The minimum absolute atomic E-state index is 0.214. The molecule has 0 aliphatic heterocycles. The summed E-state index contributed by atoms with van der Waals surface area (Å²) >= 11 is 6.08. The van der Waals surface area contributed by atoms with Crippen LogP contribution >= 0.6 is 11.6 Å². The average Bonchev–Trinajstić information content (AvgIpc) is 3.23. The normalized spacial score (nSPS) is 12.0. The first-order valence-corrected chi connectivity index (χ1v) is 15.4. The number of unbranched alkanes of at least 4 members (excludes halogenated alkanes) is 6. The number of carbonyl (C=O) groups excluding carboxylic acids is 1. The molecular weight excluding hydrogens is 508 g/mol. The standard InChI is InChI=1S/C33H51ClN2O3/c1-8-39-32(37)31-29(36-21-19-28(34)24-30(36)35-31)18-14-17-23-38-22-16-13-11-9-10-12-15-20-33(25(2)3,26(4)5)27(6)7/h19,21,24-27H,8-13,15-17,20,22-23H2,1-7H3. The molecule has 0 aromatic carbocycles. The van der Waals surface area contributed by atoms with Crippen molar-refractivity contribution >= 4 is 23.2 Å². The van der Waals surface area contributed by atoms with Gasteiger partial charge in [-0.15, -0.1) is 0 Å². The molecule has 0 saturated heterocycles. The highest BCUT2D eigenvalue weighted by Gasteiger charge is 2.39. The van der Waals surface area contributed by atoms with Crippen LogP contribution in [0.25, 0.3) is 5.65 Å². The van der Waals surface area contributed by atoms with E-state index in [0.717, 1.165) is 30.8 Å². The Balaban J connectivity index is 1.64. The van der Waals surface area contributed by atoms with Crippen LogP contribution in [0.4, 0.5) is 0 Å². The summed E-state index contributed by atoms with van der Waals surface area (Å²) in [5.41, 5.74) is 1.77. The molecule has 0 fully saturated rings. The molecule has 0 N–H and O–H groups in total. The van der Waals surface area contributed by atoms with Crippen molar-refractivity contribution in [2.24, 2.45) is 23.2 Å². The summed E-state index contributed by atoms with van der Waals surface area (Å²) in [6.45, 7) is 17.9. The maximum Gasteiger partial charge on any atom is 0.359 e. The first kappa shape index (κ1) is 33.2. The second-order valence-corrected chi connectivity index (χ2v) is 12.0. The number of halogens is 1. The Morgan fingerprint density at radius 1 is 0.974 bits per heavy atom. The van der Waals surface area contributed by atoms with Crippen LogP contribution in [-0.4, -0.2) is 35.2 Å². The fourth-order valence-electron chi connectivity index (χ4n) is 6.24. The van der Waals surface area contributed by atoms with Crippen molar-refractivity contribution in [3.05, 3.63) is 34.7 Å². The second-order valence-electron chi connectivity index (χ2n) is 11.6. The number of hydrogen-bond acceptors (Lipinski definition) is 4. The Bertz CT molecular complexity index is 1060. The predicted octanol–water partition coefficient (Wildman–Crippen LogP) is 9.00. The van der Waals surface area contributed by atoms with Crippen LogP contribution in [0.1, 0.15) is 122 Å². The number of fused-ring (bicyclic) bond motifs is 1. The van der Waals surface area contributed by atoms with Crippen molar-refractivity contribution in [2.75, 3.05) is 19.8 Å². The highest BCUT2D eigenvalue weighted by Crippen LogP contribution is 2.47. The maximum absolute atomic E-state index is 12.3. The van der Waals surface area contributed by atoms with Gasteiger partial charge in [0, 0.05) is 30.3 Å². The lowest BCUT2D eigenvalue weighted by molar-refractivity contribution is 0.0356. The smallest absolute Gasteiger partial charge is 0.359 e. The third-order valence-electron chi connectivity index (χ3n) is 8.26. The summed E-state index contributed by atoms with van der Waals surface area (Å²) < 4.78 is 12.7. The molecule has 2 heterocycles. The van der Waals surface area contributed by atoms with Crippen LogP contribution in [0.2, 0.25) is 5.02 Å². The van der Waals surface area contributed by atoms with Crippen LogP contribution in [0.15, 0.2) is 18.3 Å². The molecule has 0 atom stereocenters. The van der Waals surface area contributed by atoms with E-state index in [1.807, 2.05) is 0 Å². The third kappa shape index (κ3) is 9.54. The molecule has 2 aromatic rings. The number of esters is 1. The molecular formula is C33H51ClN2O3. The zero-order chi connectivity index (χ0) is 28.8. The summed E-state index contributed by atoms with van der Waals surface area (Å²) in [6, 6.07) is 3.45. The van der Waals surface area contributed by atoms with Crippen molar-refractivity contribution in [1.29, 1.82) is 0 Å². The van der Waals surface area contributed by atoms with Gasteiger partial charge < -0.3 is 9.47 Å². The number of nitrogens with zero attached hydrogens (tertiary/aromatic N) is 2. The summed E-state index contributed by atoms with van der Waals surface area (Å²) in [7, 11) is 0. The SMILES string of the molecule is CCOC(=O)c1nc2cc(Cl)ccn2c1C#CCCOCCCCCCCCCC(C(C)C)(C(C)C)C(C)C. The van der Waals surface area contributed by atoms with Gasteiger partial charge in [-0.1, -0.05) is 97.6 Å². The minimum atomic E-state index is -0.479. The van der Waals surface area contributed by atoms with E-state index in [-0.39, 0.29) is 12.3 Å². The van der Waals surface area contributed by atoms with Crippen LogP contribution in [0.3, 0.4) is 0 Å². The van der Waals surface area contributed by atoms with Crippen LogP contribution in [-0.2, 0) is 9.47 Å². The first-order valence-electron chi connectivity index (χ1n) is 15.1. The van der Waals surface area contributed by atoms with Gasteiger partial charge in [-0.2, -0.15) is 0 Å². The van der Waals surface area contributed by atoms with E-state index in [9.17, 15) is 4.79 Å². The molecule has 0 aliphatic rings. The highest BCUT2D eigenvalue weighted by atomic mass is 35.5. The van der Waals surface area contributed by atoms with E-state index in [4.69, 9.17) is 21.1 Å². The maximum atomic E-state index is 12.3.